The Morgan fingerprint density at radius 3 is 2.33 bits per heavy atom. The first-order valence-corrected chi connectivity index (χ1v) is 11.4. The monoisotopic (exact) mass is 473 g/mol. The summed E-state index contributed by atoms with van der Waals surface area (Å²) in [6, 6.07) is -1.93. The number of likely N-dealkylation sites (tertiary alicyclic amines) is 1. The van der Waals surface area contributed by atoms with Crippen molar-refractivity contribution in [1.82, 2.24) is 9.80 Å². The first-order chi connectivity index (χ1) is 15.6. The van der Waals surface area contributed by atoms with E-state index >= 15 is 8.78 Å². The zero-order valence-corrected chi connectivity index (χ0v) is 18.2. The fraction of sp³-hybridized carbons (Fsp3) is 0.652. The van der Waals surface area contributed by atoms with Crippen LogP contribution in [0.2, 0.25) is 0 Å². The van der Waals surface area contributed by atoms with Crippen molar-refractivity contribution >= 4 is 11.8 Å². The zero-order chi connectivity index (χ0) is 23.9. The topological polar surface area (TPSA) is 66.6 Å². The maximum atomic E-state index is 15.0. The Bertz CT molecular complexity index is 920. The molecule has 1 aromatic rings. The van der Waals surface area contributed by atoms with Crippen LogP contribution in [-0.2, 0) is 16.0 Å². The second kappa shape index (κ2) is 9.19. The Kier molecular flexibility index (Phi) is 6.66. The first kappa shape index (κ1) is 23.9. The average molecular weight is 473 g/mol. The molecule has 3 fully saturated rings. The molecule has 2 aliphatic carbocycles. The van der Waals surface area contributed by atoms with Crippen molar-refractivity contribution in [1.29, 1.82) is 0 Å². The number of carbonyl (C=O) groups is 2. The maximum Gasteiger partial charge on any atom is 0.339 e. The van der Waals surface area contributed by atoms with Gasteiger partial charge in [0.1, 0.15) is 5.82 Å². The van der Waals surface area contributed by atoms with Crippen molar-refractivity contribution in [2.24, 2.45) is 17.6 Å². The van der Waals surface area contributed by atoms with Gasteiger partial charge in [-0.05, 0) is 62.5 Å². The highest BCUT2D eigenvalue weighted by Crippen LogP contribution is 2.36. The highest BCUT2D eigenvalue weighted by Gasteiger charge is 2.50. The number of amides is 2. The van der Waals surface area contributed by atoms with Gasteiger partial charge < -0.3 is 15.5 Å². The second-order valence-corrected chi connectivity index (χ2v) is 9.55. The summed E-state index contributed by atoms with van der Waals surface area (Å²) in [7, 11) is 0. The maximum absolute atomic E-state index is 15.0. The van der Waals surface area contributed by atoms with Crippen LogP contribution in [0.3, 0.4) is 0 Å². The minimum atomic E-state index is -4.04. The molecule has 1 saturated heterocycles. The van der Waals surface area contributed by atoms with Crippen LogP contribution in [0.1, 0.15) is 44.1 Å². The van der Waals surface area contributed by atoms with Gasteiger partial charge in [-0.2, -0.15) is 8.78 Å². The summed E-state index contributed by atoms with van der Waals surface area (Å²) in [5, 5.41) is 0. The quantitative estimate of drug-likeness (QED) is 0.442. The van der Waals surface area contributed by atoms with E-state index in [0.29, 0.717) is 31.4 Å². The molecule has 0 radical (unpaired) electrons. The van der Waals surface area contributed by atoms with Gasteiger partial charge in [-0.3, -0.25) is 9.59 Å². The summed E-state index contributed by atoms with van der Waals surface area (Å²) in [5.41, 5.74) is 5.05. The second-order valence-electron chi connectivity index (χ2n) is 9.55. The number of nitrogens with two attached hydrogens (primary N) is 1. The number of benzene rings is 1. The van der Waals surface area contributed by atoms with Crippen LogP contribution in [0.4, 0.5) is 22.0 Å². The molecule has 2 atom stereocenters. The van der Waals surface area contributed by atoms with Crippen LogP contribution in [0.15, 0.2) is 12.1 Å². The molecule has 33 heavy (non-hydrogen) atoms. The number of nitrogens with zero attached hydrogens (tertiary/aromatic N) is 2. The number of halogens is 5. The van der Waals surface area contributed by atoms with E-state index in [1.807, 2.05) is 0 Å². The molecule has 5 nitrogen and oxygen atoms in total. The van der Waals surface area contributed by atoms with Gasteiger partial charge in [0, 0.05) is 37.7 Å². The smallest absolute Gasteiger partial charge is 0.339 e. The molecule has 182 valence electrons. The third-order valence-corrected chi connectivity index (χ3v) is 6.76. The van der Waals surface area contributed by atoms with Crippen LogP contribution in [-0.4, -0.2) is 59.3 Å². The molecule has 3 aliphatic rings. The number of rotatable bonds is 9. The lowest BCUT2D eigenvalue weighted by atomic mass is 9.99. The number of alkyl halides is 2. The van der Waals surface area contributed by atoms with Crippen molar-refractivity contribution in [3.63, 3.8) is 0 Å². The van der Waals surface area contributed by atoms with Gasteiger partial charge in [0.05, 0.1) is 6.04 Å². The molecular formula is C23H28F5N3O2. The Labute approximate surface area is 189 Å². The van der Waals surface area contributed by atoms with Crippen LogP contribution < -0.4 is 5.73 Å². The first-order valence-electron chi connectivity index (χ1n) is 11.4. The average Bonchev–Trinajstić information content (AvgIpc) is 3.69. The molecule has 2 saturated carbocycles. The van der Waals surface area contributed by atoms with Gasteiger partial charge in [-0.25, -0.2) is 13.2 Å². The minimum Gasteiger partial charge on any atom is -0.340 e. The fourth-order valence-corrected chi connectivity index (χ4v) is 4.44. The summed E-state index contributed by atoms with van der Waals surface area (Å²) in [6.45, 7) is 0.903. The molecule has 0 aromatic heterocycles. The van der Waals surface area contributed by atoms with E-state index in [4.69, 9.17) is 5.73 Å². The van der Waals surface area contributed by atoms with Gasteiger partial charge in [0.25, 0.3) is 5.91 Å². The normalized spacial score (nSPS) is 21.9. The molecule has 2 N–H and O–H groups in total. The van der Waals surface area contributed by atoms with E-state index in [0.717, 1.165) is 30.6 Å². The molecule has 1 heterocycles. The van der Waals surface area contributed by atoms with Gasteiger partial charge >= 0.3 is 5.92 Å². The van der Waals surface area contributed by atoms with Gasteiger partial charge in [-0.1, -0.05) is 0 Å². The van der Waals surface area contributed by atoms with E-state index in [9.17, 15) is 22.8 Å². The molecule has 2 unspecified atom stereocenters. The summed E-state index contributed by atoms with van der Waals surface area (Å²) in [4.78, 5) is 28.3. The standard InChI is InChI=1S/C23H28F5N3O2/c24-17-10-19(26)18(25)8-15(17)9-20(29)23(27,28)22(33)31-7-1-2-16(31)12-30(11-13-3-4-13)21(32)14-5-6-14/h8,10,13-14,16,20H,1-7,9,11-12,29H2. The highest BCUT2D eigenvalue weighted by molar-refractivity contribution is 5.85. The lowest BCUT2D eigenvalue weighted by molar-refractivity contribution is -0.162. The van der Waals surface area contributed by atoms with Gasteiger partial charge in [0.15, 0.2) is 11.6 Å². The Morgan fingerprint density at radius 1 is 1.03 bits per heavy atom. The van der Waals surface area contributed by atoms with Crippen LogP contribution in [0.5, 0.6) is 0 Å². The number of hydrogen-bond donors (Lipinski definition) is 1. The fourth-order valence-electron chi connectivity index (χ4n) is 4.44. The molecule has 4 rings (SSSR count). The summed E-state index contributed by atoms with van der Waals surface area (Å²) >= 11 is 0. The summed E-state index contributed by atoms with van der Waals surface area (Å²) < 4.78 is 70.5. The van der Waals surface area contributed by atoms with Gasteiger partial charge in [-0.15, -0.1) is 0 Å². The lowest BCUT2D eigenvalue weighted by Crippen LogP contribution is -2.57. The van der Waals surface area contributed by atoms with E-state index in [-0.39, 0.29) is 31.0 Å². The van der Waals surface area contributed by atoms with Crippen LogP contribution >= 0.6 is 0 Å². The molecule has 10 heteroatoms. The van der Waals surface area contributed by atoms with Gasteiger partial charge in [0.2, 0.25) is 5.91 Å². The van der Waals surface area contributed by atoms with E-state index in [1.165, 1.54) is 0 Å². The third kappa shape index (κ3) is 5.31. The van der Waals surface area contributed by atoms with Crippen molar-refractivity contribution in [3.05, 3.63) is 35.1 Å². The van der Waals surface area contributed by atoms with Crippen molar-refractivity contribution < 1.29 is 31.5 Å². The molecular weight excluding hydrogens is 445 g/mol. The SMILES string of the molecule is NC(Cc1cc(F)c(F)cc1F)C(F)(F)C(=O)N1CCCC1CN(CC1CC1)C(=O)C1CC1. The van der Waals surface area contributed by atoms with Crippen molar-refractivity contribution in [2.75, 3.05) is 19.6 Å². The van der Waals surface area contributed by atoms with E-state index in [2.05, 4.69) is 0 Å². The molecule has 1 aromatic carbocycles. The Balaban J connectivity index is 1.44. The summed E-state index contributed by atoms with van der Waals surface area (Å²) in [5.74, 6) is -9.10. The molecule has 0 spiro atoms. The molecule has 2 amide bonds. The highest BCUT2D eigenvalue weighted by atomic mass is 19.3. The number of hydrogen-bond acceptors (Lipinski definition) is 3. The minimum absolute atomic E-state index is 0.00447. The third-order valence-electron chi connectivity index (χ3n) is 6.76. The zero-order valence-electron chi connectivity index (χ0n) is 18.2. The van der Waals surface area contributed by atoms with Crippen molar-refractivity contribution in [2.45, 2.75) is 63.0 Å². The predicted octanol–water partition coefficient (Wildman–Crippen LogP) is 3.25. The van der Waals surface area contributed by atoms with Crippen LogP contribution in [0, 0.1) is 29.3 Å². The molecule has 0 bridgehead atoms. The summed E-state index contributed by atoms with van der Waals surface area (Å²) in [6.07, 6.45) is 3.92. The van der Waals surface area contributed by atoms with E-state index < -0.39 is 53.3 Å². The Hall–Kier alpha value is -2.23. The van der Waals surface area contributed by atoms with Crippen molar-refractivity contribution in [3.8, 4) is 0 Å². The lowest BCUT2D eigenvalue weighted by Gasteiger charge is -2.34. The Morgan fingerprint density at radius 2 is 1.70 bits per heavy atom. The molecule has 1 aliphatic heterocycles. The number of carbonyl (C=O) groups excluding carboxylic acids is 2. The van der Waals surface area contributed by atoms with Crippen LogP contribution in [0.25, 0.3) is 0 Å². The largest absolute Gasteiger partial charge is 0.340 e. The predicted molar refractivity (Wildman–Crippen MR) is 110 cm³/mol. The van der Waals surface area contributed by atoms with E-state index in [1.54, 1.807) is 4.90 Å².